The van der Waals surface area contributed by atoms with Crippen LogP contribution in [0.4, 0.5) is 0 Å². The molecule has 3 aromatic rings. The molecule has 1 aromatic carbocycles. The van der Waals surface area contributed by atoms with Crippen molar-refractivity contribution in [1.82, 2.24) is 56.7 Å². The van der Waals surface area contributed by atoms with Crippen molar-refractivity contribution in [3.8, 4) is 0 Å². The van der Waals surface area contributed by atoms with E-state index in [1.165, 1.54) is 22.3 Å². The van der Waals surface area contributed by atoms with E-state index in [0.29, 0.717) is 36.9 Å². The second-order valence-electron chi connectivity index (χ2n) is 17.5. The standard InChI is InChI=1S/C44H60N12O9/c1-5-24(4)37-44(65)56-15-9-13-33(56)43(64)55-14-8-12-32(55)41(62)51-29(16-25-19-47-28-11-7-6-10-27(25)28)39(60)50-30(17-26-20-46-22-49-26)38(59)48-21-35(58)53-36(23(2)3)42(63)52-31(18-34(45)57)40(61)54-37/h6-7,10-11,19-20,22-24,29-33,36-37,47H,5,8-9,12-18,21H2,1-4H3,(H2,45,57)(H,46,49)(H,48,59)(H,50,60)(H,51,62)(H,52,63)(H,53,58)(H,54,61)/t24?,29-,30-,31-,32-,33-,36-,37-/m0/s1. The Labute approximate surface area is 375 Å². The topological polar surface area (TPSA) is 303 Å². The van der Waals surface area contributed by atoms with Gasteiger partial charge in [-0.15, -0.1) is 0 Å². The van der Waals surface area contributed by atoms with Crippen molar-refractivity contribution >= 4 is 64.1 Å². The SMILES string of the molecule is CCC(C)[C@@H]1NC(=O)[C@H](CC(N)=O)NC(=O)[C@H](C(C)C)NC(=O)CNC(=O)[C@H](Cc2cnc[nH]2)NC(=O)[C@H](Cc2c[nH]c3ccccc23)NC(=O)[C@@H]2CCCN2C(=O)[C@@H]2CCCN2C1=O. The Kier molecular flexibility index (Phi) is 15.6. The molecule has 10 N–H and O–H groups in total. The van der Waals surface area contributed by atoms with E-state index in [-0.39, 0.29) is 32.4 Å². The Bertz CT molecular complexity index is 2260. The normalized spacial score (nSPS) is 26.3. The highest BCUT2D eigenvalue weighted by molar-refractivity contribution is 6.00. The van der Waals surface area contributed by atoms with E-state index < -0.39 is 120 Å². The molecule has 8 atom stereocenters. The van der Waals surface area contributed by atoms with Crippen LogP contribution >= 0.6 is 0 Å². The van der Waals surface area contributed by atoms with Gasteiger partial charge in [0.15, 0.2) is 0 Å². The van der Waals surface area contributed by atoms with Crippen molar-refractivity contribution in [1.29, 1.82) is 0 Å². The zero-order chi connectivity index (χ0) is 46.9. The molecule has 6 rings (SSSR count). The quantitative estimate of drug-likeness (QED) is 0.124. The number of fused-ring (bicyclic) bond motifs is 3. The number of carbonyl (C=O) groups excluding carboxylic acids is 9. The third-order valence-corrected chi connectivity index (χ3v) is 12.5. The first-order valence-corrected chi connectivity index (χ1v) is 22.3. The third kappa shape index (κ3) is 11.5. The lowest BCUT2D eigenvalue weighted by Crippen LogP contribution is -2.61. The molecule has 5 heterocycles. The minimum absolute atomic E-state index is 0.00433. The summed E-state index contributed by atoms with van der Waals surface area (Å²) >= 11 is 0. The maximum atomic E-state index is 14.5. The average Bonchev–Trinajstić information content (AvgIpc) is 4.13. The first kappa shape index (κ1) is 47.7. The van der Waals surface area contributed by atoms with E-state index in [2.05, 4.69) is 46.9 Å². The number of aromatic amines is 2. The highest BCUT2D eigenvalue weighted by Crippen LogP contribution is 2.27. The van der Waals surface area contributed by atoms with Gasteiger partial charge in [-0.2, -0.15) is 0 Å². The molecule has 2 aromatic heterocycles. The Morgan fingerprint density at radius 3 is 2.06 bits per heavy atom. The lowest BCUT2D eigenvalue weighted by atomic mass is 9.96. The summed E-state index contributed by atoms with van der Waals surface area (Å²) in [7, 11) is 0. The van der Waals surface area contributed by atoms with Crippen LogP contribution in [0.2, 0.25) is 0 Å². The average molecular weight is 901 g/mol. The largest absolute Gasteiger partial charge is 0.370 e. The minimum Gasteiger partial charge on any atom is -0.370 e. The fourth-order valence-electron chi connectivity index (χ4n) is 8.71. The Balaban J connectivity index is 1.36. The lowest BCUT2D eigenvalue weighted by molar-refractivity contribution is -0.149. The lowest BCUT2D eigenvalue weighted by Gasteiger charge is -2.35. The number of nitrogens with two attached hydrogens (primary N) is 1. The first-order valence-electron chi connectivity index (χ1n) is 22.3. The van der Waals surface area contributed by atoms with Crippen molar-refractivity contribution in [3.05, 3.63) is 54.2 Å². The Hall–Kier alpha value is -6.80. The molecule has 65 heavy (non-hydrogen) atoms. The predicted molar refractivity (Wildman–Crippen MR) is 235 cm³/mol. The fourth-order valence-corrected chi connectivity index (χ4v) is 8.71. The number of carbonyl (C=O) groups is 9. The molecule has 3 saturated heterocycles. The molecule has 3 fully saturated rings. The van der Waals surface area contributed by atoms with E-state index >= 15 is 0 Å². The second kappa shape index (κ2) is 21.3. The molecule has 3 aliphatic heterocycles. The van der Waals surface area contributed by atoms with Gasteiger partial charge < -0.3 is 57.4 Å². The number of amides is 9. The highest BCUT2D eigenvalue weighted by Gasteiger charge is 2.45. The van der Waals surface area contributed by atoms with Crippen LogP contribution in [0.25, 0.3) is 10.9 Å². The van der Waals surface area contributed by atoms with Crippen LogP contribution in [0.3, 0.4) is 0 Å². The number of nitrogens with zero attached hydrogens (tertiary/aromatic N) is 3. The summed E-state index contributed by atoms with van der Waals surface area (Å²) in [5.41, 5.74) is 7.49. The third-order valence-electron chi connectivity index (χ3n) is 12.5. The van der Waals surface area contributed by atoms with Crippen molar-refractivity contribution in [2.75, 3.05) is 19.6 Å². The summed E-state index contributed by atoms with van der Waals surface area (Å²) in [5.74, 6) is -7.52. The van der Waals surface area contributed by atoms with Crippen molar-refractivity contribution in [2.45, 2.75) is 121 Å². The van der Waals surface area contributed by atoms with Gasteiger partial charge in [0.1, 0.15) is 42.3 Å². The molecular formula is C44H60N12O9. The molecular weight excluding hydrogens is 841 g/mol. The number of primary amides is 1. The molecule has 1 unspecified atom stereocenters. The van der Waals surface area contributed by atoms with E-state index in [0.717, 1.165) is 10.9 Å². The minimum atomic E-state index is -1.55. The molecule has 0 spiro atoms. The van der Waals surface area contributed by atoms with Gasteiger partial charge in [-0.3, -0.25) is 43.2 Å². The zero-order valence-corrected chi connectivity index (χ0v) is 37.1. The van der Waals surface area contributed by atoms with Crippen molar-refractivity contribution < 1.29 is 43.2 Å². The van der Waals surface area contributed by atoms with E-state index in [1.54, 1.807) is 27.0 Å². The van der Waals surface area contributed by atoms with Crippen LogP contribution in [0.1, 0.15) is 77.5 Å². The Morgan fingerprint density at radius 2 is 1.38 bits per heavy atom. The molecule has 0 saturated carbocycles. The molecule has 0 radical (unpaired) electrons. The summed E-state index contributed by atoms with van der Waals surface area (Å²) in [4.78, 5) is 138. The monoisotopic (exact) mass is 900 g/mol. The molecule has 0 aliphatic carbocycles. The van der Waals surface area contributed by atoms with Gasteiger partial charge in [0.05, 0.1) is 19.3 Å². The number of aromatic nitrogens is 3. The highest BCUT2D eigenvalue weighted by atomic mass is 16.2. The number of rotatable bonds is 9. The maximum Gasteiger partial charge on any atom is 0.246 e. The molecule has 0 bridgehead atoms. The number of hydrogen-bond acceptors (Lipinski definition) is 10. The molecule has 21 heteroatoms. The van der Waals surface area contributed by atoms with Gasteiger partial charge >= 0.3 is 0 Å². The van der Waals surface area contributed by atoms with Crippen LogP contribution in [-0.2, 0) is 56.0 Å². The molecule has 9 amide bonds. The number of hydrogen-bond donors (Lipinski definition) is 9. The van der Waals surface area contributed by atoms with E-state index in [1.807, 2.05) is 31.2 Å². The van der Waals surface area contributed by atoms with Crippen molar-refractivity contribution in [3.63, 3.8) is 0 Å². The number of nitrogens with one attached hydrogen (secondary N) is 8. The van der Waals surface area contributed by atoms with Crippen LogP contribution in [0, 0.1) is 11.8 Å². The number of H-pyrrole nitrogens is 2. The summed E-state index contributed by atoms with van der Waals surface area (Å²) in [6.07, 6.45) is 5.82. The number of benzene rings is 1. The van der Waals surface area contributed by atoms with Gasteiger partial charge in [-0.25, -0.2) is 4.98 Å². The van der Waals surface area contributed by atoms with Gasteiger partial charge in [-0.05, 0) is 49.1 Å². The second-order valence-corrected chi connectivity index (χ2v) is 17.5. The van der Waals surface area contributed by atoms with Gasteiger partial charge in [0, 0.05) is 54.9 Å². The summed E-state index contributed by atoms with van der Waals surface area (Å²) in [6, 6.07) is -1.06. The van der Waals surface area contributed by atoms with Crippen LogP contribution in [-0.4, -0.2) is 140 Å². The molecule has 350 valence electrons. The Morgan fingerprint density at radius 1 is 0.738 bits per heavy atom. The summed E-state index contributed by atoms with van der Waals surface area (Å²) in [5, 5.41) is 16.8. The van der Waals surface area contributed by atoms with E-state index in [4.69, 9.17) is 5.73 Å². The molecule has 21 nitrogen and oxygen atoms in total. The first-order chi connectivity index (χ1) is 31.1. The van der Waals surface area contributed by atoms with E-state index in [9.17, 15) is 43.2 Å². The van der Waals surface area contributed by atoms with Crippen molar-refractivity contribution in [2.24, 2.45) is 17.6 Å². The summed E-state index contributed by atoms with van der Waals surface area (Å²) < 4.78 is 0. The van der Waals surface area contributed by atoms with Crippen LogP contribution < -0.4 is 37.6 Å². The molecule has 3 aliphatic rings. The number of imidazole rings is 1. The van der Waals surface area contributed by atoms with Gasteiger partial charge in [-0.1, -0.05) is 52.3 Å². The zero-order valence-electron chi connectivity index (χ0n) is 37.1. The summed E-state index contributed by atoms with van der Waals surface area (Å²) in [6.45, 7) is 6.62. The van der Waals surface area contributed by atoms with Crippen LogP contribution in [0.5, 0.6) is 0 Å². The maximum absolute atomic E-state index is 14.5. The fraction of sp³-hybridized carbons (Fsp3) is 0.545. The van der Waals surface area contributed by atoms with Gasteiger partial charge in [0.25, 0.3) is 0 Å². The smallest absolute Gasteiger partial charge is 0.246 e. The van der Waals surface area contributed by atoms with Gasteiger partial charge in [0.2, 0.25) is 53.2 Å². The van der Waals surface area contributed by atoms with Crippen LogP contribution in [0.15, 0.2) is 43.0 Å². The number of para-hydroxylation sites is 1. The predicted octanol–water partition coefficient (Wildman–Crippen LogP) is -1.21.